The van der Waals surface area contributed by atoms with E-state index in [0.29, 0.717) is 56.7 Å². The van der Waals surface area contributed by atoms with Crippen LogP contribution in [0.2, 0.25) is 0 Å². The highest BCUT2D eigenvalue weighted by Crippen LogP contribution is 2.38. The molecule has 3 aliphatic rings. The molecule has 222 valence electrons. The lowest BCUT2D eigenvalue weighted by Gasteiger charge is -2.43. The van der Waals surface area contributed by atoms with Gasteiger partial charge in [-0.25, -0.2) is 0 Å². The lowest BCUT2D eigenvalue weighted by atomic mass is 9.94. The van der Waals surface area contributed by atoms with Crippen molar-refractivity contribution in [3.8, 4) is 18.0 Å². The molecular weight excluding hydrogens is 538 g/mol. The lowest BCUT2D eigenvalue weighted by molar-refractivity contribution is -0.133. The van der Waals surface area contributed by atoms with Crippen molar-refractivity contribution in [2.75, 3.05) is 56.2 Å². The van der Waals surface area contributed by atoms with Gasteiger partial charge in [-0.15, -0.1) is 0 Å². The van der Waals surface area contributed by atoms with Crippen LogP contribution in [0.1, 0.15) is 49.3 Å². The smallest absolute Gasteiger partial charge is 0.234 e. The van der Waals surface area contributed by atoms with E-state index in [1.165, 1.54) is 10.8 Å². The monoisotopic (exact) mass is 577 g/mol. The molecule has 9 nitrogen and oxygen atoms in total. The van der Waals surface area contributed by atoms with Crippen LogP contribution in [0.3, 0.4) is 0 Å². The van der Waals surface area contributed by atoms with Gasteiger partial charge in [0.15, 0.2) is 0 Å². The molecule has 3 aromatic rings. The van der Waals surface area contributed by atoms with Crippen molar-refractivity contribution < 1.29 is 9.53 Å². The third kappa shape index (κ3) is 5.58. The zero-order chi connectivity index (χ0) is 29.9. The molecule has 0 radical (unpaired) electrons. The number of pyridine rings is 1. The Morgan fingerprint density at radius 3 is 2.63 bits per heavy atom. The predicted octanol–water partition coefficient (Wildman–Crippen LogP) is 4.48. The summed E-state index contributed by atoms with van der Waals surface area (Å²) in [7, 11) is 2.12. The van der Waals surface area contributed by atoms with Crippen LogP contribution in [0.4, 0.5) is 11.5 Å². The highest BCUT2D eigenvalue weighted by atomic mass is 16.5. The Hall–Kier alpha value is -4.34. The van der Waals surface area contributed by atoms with Crippen LogP contribution >= 0.6 is 0 Å². The molecule has 43 heavy (non-hydrogen) atoms. The fourth-order valence-corrected chi connectivity index (χ4v) is 6.98. The van der Waals surface area contributed by atoms with Gasteiger partial charge >= 0.3 is 0 Å². The number of benzene rings is 2. The number of likely N-dealkylation sites (tertiary alicyclic amines) is 1. The van der Waals surface area contributed by atoms with E-state index in [4.69, 9.17) is 9.72 Å². The zero-order valence-electron chi connectivity index (χ0n) is 25.1. The van der Waals surface area contributed by atoms with Crippen molar-refractivity contribution in [1.29, 1.82) is 10.5 Å². The molecule has 0 aliphatic carbocycles. The lowest BCUT2D eigenvalue weighted by Crippen LogP contribution is -2.55. The summed E-state index contributed by atoms with van der Waals surface area (Å²) in [6.45, 7) is 6.47. The van der Waals surface area contributed by atoms with Gasteiger partial charge in [0.2, 0.25) is 11.8 Å². The number of rotatable bonds is 7. The van der Waals surface area contributed by atoms with Crippen LogP contribution in [-0.2, 0) is 17.8 Å². The summed E-state index contributed by atoms with van der Waals surface area (Å²) in [6.07, 6.45) is 3.63. The Bertz CT molecular complexity index is 1590. The summed E-state index contributed by atoms with van der Waals surface area (Å²) < 4.78 is 6.40. The molecule has 0 spiro atoms. The van der Waals surface area contributed by atoms with Crippen LogP contribution < -0.4 is 14.5 Å². The molecular formula is C34H39N7O2. The van der Waals surface area contributed by atoms with E-state index in [1.807, 2.05) is 11.8 Å². The van der Waals surface area contributed by atoms with Crippen LogP contribution in [0.25, 0.3) is 10.8 Å². The maximum Gasteiger partial charge on any atom is 0.234 e. The molecule has 2 unspecified atom stereocenters. The Morgan fingerprint density at radius 1 is 1.02 bits per heavy atom. The van der Waals surface area contributed by atoms with E-state index in [1.54, 1.807) is 0 Å². The van der Waals surface area contributed by atoms with Crippen molar-refractivity contribution in [3.63, 3.8) is 0 Å². The van der Waals surface area contributed by atoms with Crippen LogP contribution in [0.15, 0.2) is 42.5 Å². The molecule has 6 rings (SSSR count). The zero-order valence-corrected chi connectivity index (χ0v) is 25.1. The maximum absolute atomic E-state index is 12.7. The first kappa shape index (κ1) is 28.8. The molecule has 0 N–H and O–H groups in total. The topological polar surface area (TPSA) is 99.7 Å². The highest BCUT2D eigenvalue weighted by Gasteiger charge is 2.35. The Morgan fingerprint density at radius 2 is 1.86 bits per heavy atom. The van der Waals surface area contributed by atoms with E-state index in [0.717, 1.165) is 55.0 Å². The normalized spacial score (nSPS) is 20.5. The first-order chi connectivity index (χ1) is 21.0. The second kappa shape index (κ2) is 12.5. The largest absolute Gasteiger partial charge is 0.475 e. The van der Waals surface area contributed by atoms with E-state index in [-0.39, 0.29) is 18.4 Å². The molecule has 9 heteroatoms. The van der Waals surface area contributed by atoms with Crippen LogP contribution in [0.5, 0.6) is 5.88 Å². The van der Waals surface area contributed by atoms with Crippen molar-refractivity contribution in [1.82, 2.24) is 14.8 Å². The summed E-state index contributed by atoms with van der Waals surface area (Å²) >= 11 is 0. The van der Waals surface area contributed by atoms with Crippen LogP contribution in [0, 0.1) is 22.7 Å². The van der Waals surface area contributed by atoms with E-state index < -0.39 is 0 Å². The number of nitrogens with zero attached hydrogens (tertiary/aromatic N) is 7. The summed E-state index contributed by atoms with van der Waals surface area (Å²) in [6, 6.07) is 19.6. The molecule has 4 heterocycles. The molecule has 1 aromatic heterocycles. The molecule has 0 saturated carbocycles. The van der Waals surface area contributed by atoms with Gasteiger partial charge in [-0.3, -0.25) is 4.79 Å². The summed E-state index contributed by atoms with van der Waals surface area (Å²) in [5, 5.41) is 22.4. The van der Waals surface area contributed by atoms with Crippen molar-refractivity contribution in [3.05, 3.63) is 59.2 Å². The van der Waals surface area contributed by atoms with Crippen molar-refractivity contribution >= 4 is 28.2 Å². The molecule has 2 fully saturated rings. The minimum Gasteiger partial charge on any atom is -0.475 e. The number of amides is 1. The summed E-state index contributed by atoms with van der Waals surface area (Å²) in [5.41, 5.74) is 3.70. The van der Waals surface area contributed by atoms with Gasteiger partial charge in [0.25, 0.3) is 0 Å². The first-order valence-electron chi connectivity index (χ1n) is 15.4. The predicted molar refractivity (Wildman–Crippen MR) is 167 cm³/mol. The minimum atomic E-state index is -0.202. The van der Waals surface area contributed by atoms with Crippen molar-refractivity contribution in [2.45, 2.75) is 57.7 Å². The number of anilines is 2. The Kier molecular flexibility index (Phi) is 8.35. The van der Waals surface area contributed by atoms with Crippen molar-refractivity contribution in [2.24, 2.45) is 0 Å². The minimum absolute atomic E-state index is 0.0742. The number of likely N-dealkylation sites (N-methyl/N-ethyl adjacent to an activating group) is 1. The number of aromatic nitrogens is 1. The average Bonchev–Trinajstić information content (AvgIpc) is 3.46. The SMILES string of the molecule is CCC(=O)N1CCN(c2nc(OCC3CCCN3C)c(C#N)c3c2CCN(c2cccc4ccccc24)C3)CC1CC#N. The molecule has 1 amide bonds. The molecule has 2 saturated heterocycles. The standard InChI is InChI=1S/C34H39N7O2/c1-3-32(42)41-19-18-40(21-25(41)13-15-35)33-28-14-17-39(31-12-6-9-24-8-4-5-11-27(24)31)22-30(28)29(20-36)34(37-33)43-23-26-10-7-16-38(26)2/h4-6,8-9,11-12,25-26H,3,7,10,13-14,16-19,21-23H2,1-2H3. The van der Waals surface area contributed by atoms with Gasteiger partial charge < -0.3 is 24.3 Å². The summed E-state index contributed by atoms with van der Waals surface area (Å²) in [4.78, 5) is 26.5. The number of carbonyl (C=O) groups is 1. The fourth-order valence-electron chi connectivity index (χ4n) is 6.98. The van der Waals surface area contributed by atoms with E-state index in [2.05, 4.69) is 76.4 Å². The Balaban J connectivity index is 1.39. The van der Waals surface area contributed by atoms with Gasteiger partial charge in [-0.1, -0.05) is 43.3 Å². The fraction of sp³-hybridized carbons (Fsp3) is 0.471. The van der Waals surface area contributed by atoms with Crippen LogP contribution in [-0.4, -0.2) is 79.2 Å². The quantitative estimate of drug-likeness (QED) is 0.405. The van der Waals surface area contributed by atoms with Gasteiger partial charge in [0, 0.05) is 67.4 Å². The third-order valence-electron chi connectivity index (χ3n) is 9.37. The third-order valence-corrected chi connectivity index (χ3v) is 9.37. The number of hydrogen-bond acceptors (Lipinski definition) is 8. The van der Waals surface area contributed by atoms with Gasteiger partial charge in [-0.2, -0.15) is 15.5 Å². The average molecular weight is 578 g/mol. The number of piperazine rings is 1. The van der Waals surface area contributed by atoms with Gasteiger partial charge in [0.1, 0.15) is 24.1 Å². The molecule has 2 aromatic carbocycles. The second-order valence-electron chi connectivity index (χ2n) is 11.8. The molecule has 2 atom stereocenters. The second-order valence-corrected chi connectivity index (χ2v) is 11.8. The molecule has 0 bridgehead atoms. The summed E-state index contributed by atoms with van der Waals surface area (Å²) in [5.74, 6) is 1.29. The first-order valence-corrected chi connectivity index (χ1v) is 15.4. The Labute approximate surface area is 253 Å². The number of nitriles is 2. The number of hydrogen-bond donors (Lipinski definition) is 0. The number of carbonyl (C=O) groups excluding carboxylic acids is 1. The number of fused-ring (bicyclic) bond motifs is 2. The van der Waals surface area contributed by atoms with E-state index in [9.17, 15) is 15.3 Å². The van der Waals surface area contributed by atoms with Gasteiger partial charge in [0.05, 0.1) is 18.5 Å². The van der Waals surface area contributed by atoms with E-state index >= 15 is 0 Å². The van der Waals surface area contributed by atoms with Gasteiger partial charge in [-0.05, 0) is 44.3 Å². The highest BCUT2D eigenvalue weighted by molar-refractivity contribution is 5.94. The maximum atomic E-state index is 12.7. The number of ether oxygens (including phenoxy) is 1. The molecule has 3 aliphatic heterocycles.